The average Bonchev–Trinajstić information content (AvgIpc) is 2.56. The molecule has 0 spiro atoms. The number of aryl methyl sites for hydroxylation is 1. The maximum Gasteiger partial charge on any atom is 0.305 e. The van der Waals surface area contributed by atoms with Crippen molar-refractivity contribution in [1.29, 1.82) is 0 Å². The summed E-state index contributed by atoms with van der Waals surface area (Å²) in [5, 5.41) is 3.20. The molecule has 0 saturated heterocycles. The minimum atomic E-state index is -0.339. The summed E-state index contributed by atoms with van der Waals surface area (Å²) in [7, 11) is 1.38. The molecule has 23 heavy (non-hydrogen) atoms. The van der Waals surface area contributed by atoms with Crippen molar-refractivity contribution >= 4 is 12.4 Å². The van der Waals surface area contributed by atoms with E-state index >= 15 is 0 Å². The number of methoxy groups -OCH3 is 1. The summed E-state index contributed by atoms with van der Waals surface area (Å²) < 4.78 is 15.2. The molecule has 0 aliphatic rings. The van der Waals surface area contributed by atoms with Crippen molar-refractivity contribution in [3.05, 3.63) is 29.8 Å². The fraction of sp³-hybridized carbons (Fsp3) is 0.529. The Kier molecular flexibility index (Phi) is 8.75. The van der Waals surface area contributed by atoms with Gasteiger partial charge in [0.15, 0.2) is 0 Å². The summed E-state index contributed by atoms with van der Waals surface area (Å²) >= 11 is 0. The van der Waals surface area contributed by atoms with Crippen molar-refractivity contribution in [2.24, 2.45) is 0 Å². The Morgan fingerprint density at radius 2 is 1.96 bits per heavy atom. The number of hydrogen-bond donors (Lipinski definition) is 1. The molecular formula is C17H25NO5. The van der Waals surface area contributed by atoms with Crippen LogP contribution in [0.1, 0.15) is 25.8 Å². The Labute approximate surface area is 137 Å². The Morgan fingerprint density at radius 1 is 1.26 bits per heavy atom. The van der Waals surface area contributed by atoms with E-state index in [1.54, 1.807) is 0 Å². The number of carbonyl (C=O) groups excluding carboxylic acids is 2. The molecule has 1 N–H and O–H groups in total. The van der Waals surface area contributed by atoms with Crippen LogP contribution in [-0.4, -0.2) is 44.8 Å². The third kappa shape index (κ3) is 8.21. The van der Waals surface area contributed by atoms with Gasteiger partial charge in [0.05, 0.1) is 7.11 Å². The van der Waals surface area contributed by atoms with Crippen LogP contribution in [0.15, 0.2) is 24.3 Å². The lowest BCUT2D eigenvalue weighted by atomic mass is 10.1. The van der Waals surface area contributed by atoms with Crippen LogP contribution < -0.4 is 10.1 Å². The van der Waals surface area contributed by atoms with Gasteiger partial charge >= 0.3 is 5.97 Å². The molecule has 1 atom stereocenters. The molecule has 1 aromatic carbocycles. The highest BCUT2D eigenvalue weighted by molar-refractivity contribution is 5.69. The summed E-state index contributed by atoms with van der Waals surface area (Å²) in [6.07, 6.45) is 0.642. The minimum Gasteiger partial charge on any atom is -0.490 e. The topological polar surface area (TPSA) is 73.9 Å². The van der Waals surface area contributed by atoms with Crippen LogP contribution in [0.2, 0.25) is 0 Å². The molecule has 0 bridgehead atoms. The highest BCUT2D eigenvalue weighted by atomic mass is 16.6. The van der Waals surface area contributed by atoms with E-state index in [0.29, 0.717) is 37.6 Å². The van der Waals surface area contributed by atoms with Crippen LogP contribution in [0.4, 0.5) is 0 Å². The number of hydrogen-bond acceptors (Lipinski definition) is 6. The number of ether oxygens (including phenoxy) is 3. The Balaban J connectivity index is 2.43. The van der Waals surface area contributed by atoms with Crippen LogP contribution in [0, 0.1) is 0 Å². The van der Waals surface area contributed by atoms with Gasteiger partial charge in [-0.25, -0.2) is 0 Å². The van der Waals surface area contributed by atoms with Crippen LogP contribution in [-0.2, 0) is 25.5 Å². The number of rotatable bonds is 11. The van der Waals surface area contributed by atoms with Crippen molar-refractivity contribution in [3.63, 3.8) is 0 Å². The fourth-order valence-corrected chi connectivity index (χ4v) is 1.88. The van der Waals surface area contributed by atoms with Gasteiger partial charge in [-0.15, -0.1) is 0 Å². The predicted molar refractivity (Wildman–Crippen MR) is 86.3 cm³/mol. The highest BCUT2D eigenvalue weighted by Gasteiger charge is 2.11. The van der Waals surface area contributed by atoms with E-state index < -0.39 is 0 Å². The lowest BCUT2D eigenvalue weighted by Gasteiger charge is -2.18. The third-order valence-corrected chi connectivity index (χ3v) is 3.21. The maximum atomic E-state index is 11.1. The molecule has 1 rings (SSSR count). The zero-order chi connectivity index (χ0) is 17.1. The van der Waals surface area contributed by atoms with E-state index in [1.165, 1.54) is 7.11 Å². The Hall–Kier alpha value is -2.08. The monoisotopic (exact) mass is 323 g/mol. The van der Waals surface area contributed by atoms with E-state index in [0.717, 1.165) is 5.56 Å². The Morgan fingerprint density at radius 3 is 2.52 bits per heavy atom. The van der Waals surface area contributed by atoms with Gasteiger partial charge in [-0.05, 0) is 24.1 Å². The second kappa shape index (κ2) is 10.6. The largest absolute Gasteiger partial charge is 0.490 e. The second-order valence-corrected chi connectivity index (χ2v) is 5.45. The summed E-state index contributed by atoms with van der Waals surface area (Å²) in [6.45, 7) is 5.29. The van der Waals surface area contributed by atoms with Crippen LogP contribution in [0.3, 0.4) is 0 Å². The van der Waals surface area contributed by atoms with Crippen molar-refractivity contribution in [2.45, 2.75) is 38.8 Å². The van der Waals surface area contributed by atoms with Crippen molar-refractivity contribution in [3.8, 4) is 5.75 Å². The molecule has 6 nitrogen and oxygen atoms in total. The quantitative estimate of drug-likeness (QED) is 0.494. The molecule has 0 heterocycles. The lowest BCUT2D eigenvalue weighted by Crippen LogP contribution is -2.36. The van der Waals surface area contributed by atoms with Gasteiger partial charge in [0.25, 0.3) is 6.47 Å². The molecule has 0 aromatic heterocycles. The fourth-order valence-electron chi connectivity index (χ4n) is 1.88. The SMILES string of the molecule is COC(=O)CCc1ccc(OCC(CNC(C)C)OC=O)cc1. The maximum absolute atomic E-state index is 11.1. The van der Waals surface area contributed by atoms with Gasteiger partial charge < -0.3 is 19.5 Å². The molecular weight excluding hydrogens is 298 g/mol. The normalized spacial score (nSPS) is 11.8. The summed E-state index contributed by atoms with van der Waals surface area (Å²) in [4.78, 5) is 21.6. The molecule has 1 aromatic rings. The summed E-state index contributed by atoms with van der Waals surface area (Å²) in [5.41, 5.74) is 1.03. The average molecular weight is 323 g/mol. The molecule has 6 heteroatoms. The van der Waals surface area contributed by atoms with Gasteiger partial charge in [-0.3, -0.25) is 9.59 Å². The Bertz CT molecular complexity index is 472. The van der Waals surface area contributed by atoms with Crippen LogP contribution in [0.25, 0.3) is 0 Å². The van der Waals surface area contributed by atoms with E-state index in [4.69, 9.17) is 9.47 Å². The standard InChI is InChI=1S/C17H25NO5/c1-13(2)18-10-16(23-12-19)11-22-15-7-4-14(5-8-15)6-9-17(20)21-3/h4-5,7-8,12-13,16,18H,6,9-11H2,1-3H3. The first-order chi connectivity index (χ1) is 11.0. The van der Waals surface area contributed by atoms with E-state index in [2.05, 4.69) is 10.1 Å². The van der Waals surface area contributed by atoms with Gasteiger partial charge in [0.2, 0.25) is 0 Å². The van der Waals surface area contributed by atoms with Crippen LogP contribution >= 0.6 is 0 Å². The van der Waals surface area contributed by atoms with Crippen LogP contribution in [0.5, 0.6) is 5.75 Å². The zero-order valence-corrected chi connectivity index (χ0v) is 13.9. The first kappa shape index (κ1) is 19.0. The van der Waals surface area contributed by atoms with Crippen molar-refractivity contribution in [2.75, 3.05) is 20.3 Å². The number of nitrogens with one attached hydrogen (secondary N) is 1. The summed E-state index contributed by atoms with van der Waals surface area (Å²) in [6, 6.07) is 7.78. The van der Waals surface area contributed by atoms with E-state index in [1.807, 2.05) is 38.1 Å². The number of esters is 1. The summed E-state index contributed by atoms with van der Waals surface area (Å²) in [5.74, 6) is 0.465. The molecule has 1 unspecified atom stereocenters. The molecule has 0 amide bonds. The molecule has 0 aliphatic heterocycles. The van der Waals surface area contributed by atoms with Crippen molar-refractivity contribution in [1.82, 2.24) is 5.32 Å². The van der Waals surface area contributed by atoms with E-state index in [-0.39, 0.29) is 18.7 Å². The minimum absolute atomic E-state index is 0.225. The molecule has 0 radical (unpaired) electrons. The van der Waals surface area contributed by atoms with E-state index in [9.17, 15) is 9.59 Å². The molecule has 0 saturated carbocycles. The lowest BCUT2D eigenvalue weighted by molar-refractivity contribution is -0.140. The van der Waals surface area contributed by atoms with Gasteiger partial charge in [-0.1, -0.05) is 26.0 Å². The van der Waals surface area contributed by atoms with Gasteiger partial charge in [0.1, 0.15) is 18.5 Å². The zero-order valence-electron chi connectivity index (χ0n) is 13.9. The molecule has 0 fully saturated rings. The first-order valence-corrected chi connectivity index (χ1v) is 7.66. The molecule has 128 valence electrons. The highest BCUT2D eigenvalue weighted by Crippen LogP contribution is 2.14. The molecule has 0 aliphatic carbocycles. The third-order valence-electron chi connectivity index (χ3n) is 3.21. The predicted octanol–water partition coefficient (Wildman–Crippen LogP) is 1.71. The van der Waals surface area contributed by atoms with Crippen molar-refractivity contribution < 1.29 is 23.8 Å². The second-order valence-electron chi connectivity index (χ2n) is 5.45. The first-order valence-electron chi connectivity index (χ1n) is 7.66. The van der Waals surface area contributed by atoms with Gasteiger partial charge in [0, 0.05) is 19.0 Å². The number of carbonyl (C=O) groups is 2. The van der Waals surface area contributed by atoms with Gasteiger partial charge in [-0.2, -0.15) is 0 Å². The smallest absolute Gasteiger partial charge is 0.305 e. The number of benzene rings is 1.